The lowest BCUT2D eigenvalue weighted by molar-refractivity contribution is 0.122. The summed E-state index contributed by atoms with van der Waals surface area (Å²) in [4.78, 5) is 7.41. The van der Waals surface area contributed by atoms with Gasteiger partial charge in [0.1, 0.15) is 10.7 Å². The highest BCUT2D eigenvalue weighted by molar-refractivity contribution is 7.91. The molecule has 0 radical (unpaired) electrons. The van der Waals surface area contributed by atoms with E-state index in [1.165, 1.54) is 0 Å². The van der Waals surface area contributed by atoms with Crippen LogP contribution in [0.2, 0.25) is 0 Å². The van der Waals surface area contributed by atoms with Crippen molar-refractivity contribution in [3.05, 3.63) is 71.8 Å². The molecule has 0 N–H and O–H groups in total. The normalized spacial score (nSPS) is 14.8. The molecular formula is C23H24N2O3S. The molecule has 1 aliphatic rings. The molecule has 4 rings (SSSR count). The van der Waals surface area contributed by atoms with Gasteiger partial charge in [-0.1, -0.05) is 48.0 Å². The molecule has 0 aliphatic carbocycles. The number of nitrogens with zero attached hydrogens (tertiary/aromatic N) is 2. The number of rotatable bonds is 4. The van der Waals surface area contributed by atoms with Gasteiger partial charge in [-0.2, -0.15) is 0 Å². The minimum Gasteiger partial charge on any atom is -0.378 e. The van der Waals surface area contributed by atoms with E-state index in [0.29, 0.717) is 37.7 Å². The van der Waals surface area contributed by atoms with Crippen LogP contribution in [-0.4, -0.2) is 39.7 Å². The van der Waals surface area contributed by atoms with Crippen LogP contribution in [0.3, 0.4) is 0 Å². The molecule has 0 saturated carbocycles. The number of sulfone groups is 1. The Labute approximate surface area is 171 Å². The molecular weight excluding hydrogens is 384 g/mol. The molecule has 29 heavy (non-hydrogen) atoms. The SMILES string of the molecule is Cc1ccc(S(=O)(=O)c2c(C)cc(-c3ccccc3)nc2N2CCOCC2)cc1. The number of aromatic nitrogens is 1. The zero-order chi connectivity index (χ0) is 20.4. The second-order valence-electron chi connectivity index (χ2n) is 7.26. The van der Waals surface area contributed by atoms with E-state index in [1.807, 2.05) is 67.3 Å². The Kier molecular flexibility index (Phi) is 5.39. The largest absolute Gasteiger partial charge is 0.378 e. The Morgan fingerprint density at radius 3 is 2.24 bits per heavy atom. The van der Waals surface area contributed by atoms with Crippen molar-refractivity contribution in [2.45, 2.75) is 23.6 Å². The highest BCUT2D eigenvalue weighted by Gasteiger charge is 2.29. The summed E-state index contributed by atoms with van der Waals surface area (Å²) in [6, 6.07) is 18.7. The number of aryl methyl sites for hydroxylation is 2. The molecule has 1 saturated heterocycles. The molecule has 0 bridgehead atoms. The standard InChI is InChI=1S/C23H24N2O3S/c1-17-8-10-20(11-9-17)29(26,27)22-18(2)16-21(19-6-4-3-5-7-19)24-23(22)25-12-14-28-15-13-25/h3-11,16H,12-15H2,1-2H3. The molecule has 0 atom stereocenters. The molecule has 2 aromatic carbocycles. The molecule has 1 aliphatic heterocycles. The first-order chi connectivity index (χ1) is 14.0. The van der Waals surface area contributed by atoms with Crippen LogP contribution in [0.4, 0.5) is 5.82 Å². The van der Waals surface area contributed by atoms with E-state index in [2.05, 4.69) is 0 Å². The Hall–Kier alpha value is -2.70. The van der Waals surface area contributed by atoms with Crippen LogP contribution in [0.15, 0.2) is 70.5 Å². The van der Waals surface area contributed by atoms with E-state index in [9.17, 15) is 8.42 Å². The number of benzene rings is 2. The van der Waals surface area contributed by atoms with E-state index < -0.39 is 9.84 Å². The summed E-state index contributed by atoms with van der Waals surface area (Å²) in [7, 11) is -3.71. The number of pyridine rings is 1. The Balaban J connectivity index is 1.91. The van der Waals surface area contributed by atoms with Gasteiger partial charge < -0.3 is 9.64 Å². The Bertz CT molecular complexity index is 1100. The van der Waals surface area contributed by atoms with Crippen LogP contribution in [0, 0.1) is 13.8 Å². The van der Waals surface area contributed by atoms with E-state index in [4.69, 9.17) is 9.72 Å². The van der Waals surface area contributed by atoms with Gasteiger partial charge in [-0.25, -0.2) is 13.4 Å². The lowest BCUT2D eigenvalue weighted by Crippen LogP contribution is -2.38. The van der Waals surface area contributed by atoms with Gasteiger partial charge in [-0.05, 0) is 37.6 Å². The van der Waals surface area contributed by atoms with E-state index in [0.717, 1.165) is 16.8 Å². The summed E-state index contributed by atoms with van der Waals surface area (Å²) in [5.74, 6) is 0.507. The lowest BCUT2D eigenvalue weighted by Gasteiger charge is -2.30. The van der Waals surface area contributed by atoms with Gasteiger partial charge in [-0.15, -0.1) is 0 Å². The third-order valence-corrected chi connectivity index (χ3v) is 7.06. The number of hydrogen-bond donors (Lipinski definition) is 0. The second-order valence-corrected chi connectivity index (χ2v) is 9.15. The minimum absolute atomic E-state index is 0.280. The first-order valence-corrected chi connectivity index (χ1v) is 11.2. The second kappa shape index (κ2) is 7.97. The third kappa shape index (κ3) is 3.91. The summed E-state index contributed by atoms with van der Waals surface area (Å²) >= 11 is 0. The van der Waals surface area contributed by atoms with Crippen molar-refractivity contribution in [1.82, 2.24) is 4.98 Å². The molecule has 5 nitrogen and oxygen atoms in total. The first kappa shape index (κ1) is 19.6. The summed E-state index contributed by atoms with van der Waals surface area (Å²) in [5, 5.41) is 0. The molecule has 0 unspecified atom stereocenters. The molecule has 3 aromatic rings. The Morgan fingerprint density at radius 2 is 1.59 bits per heavy atom. The number of hydrogen-bond acceptors (Lipinski definition) is 5. The average molecular weight is 409 g/mol. The van der Waals surface area contributed by atoms with E-state index in [-0.39, 0.29) is 9.79 Å². The van der Waals surface area contributed by atoms with Crippen molar-refractivity contribution in [2.75, 3.05) is 31.2 Å². The van der Waals surface area contributed by atoms with Crippen molar-refractivity contribution in [3.8, 4) is 11.3 Å². The van der Waals surface area contributed by atoms with Crippen molar-refractivity contribution < 1.29 is 13.2 Å². The maximum Gasteiger partial charge on any atom is 0.210 e. The maximum atomic E-state index is 13.6. The fourth-order valence-electron chi connectivity index (χ4n) is 3.56. The summed E-state index contributed by atoms with van der Waals surface area (Å²) in [6.45, 7) is 6.12. The minimum atomic E-state index is -3.71. The van der Waals surface area contributed by atoms with Gasteiger partial charge in [0.15, 0.2) is 0 Å². The summed E-state index contributed by atoms with van der Waals surface area (Å²) in [6.07, 6.45) is 0. The van der Waals surface area contributed by atoms with Gasteiger partial charge in [0, 0.05) is 18.7 Å². The highest BCUT2D eigenvalue weighted by Crippen LogP contribution is 2.35. The van der Waals surface area contributed by atoms with Crippen LogP contribution in [-0.2, 0) is 14.6 Å². The predicted octanol–water partition coefficient (Wildman–Crippen LogP) is 4.03. The van der Waals surface area contributed by atoms with Crippen LogP contribution < -0.4 is 4.90 Å². The van der Waals surface area contributed by atoms with E-state index in [1.54, 1.807) is 12.1 Å². The van der Waals surface area contributed by atoms with Crippen LogP contribution in [0.1, 0.15) is 11.1 Å². The highest BCUT2D eigenvalue weighted by atomic mass is 32.2. The topological polar surface area (TPSA) is 59.5 Å². The smallest absolute Gasteiger partial charge is 0.210 e. The quantitative estimate of drug-likeness (QED) is 0.652. The number of anilines is 1. The fourth-order valence-corrected chi connectivity index (χ4v) is 5.19. The van der Waals surface area contributed by atoms with E-state index >= 15 is 0 Å². The zero-order valence-corrected chi connectivity index (χ0v) is 17.4. The first-order valence-electron chi connectivity index (χ1n) is 9.68. The van der Waals surface area contributed by atoms with Crippen molar-refractivity contribution in [1.29, 1.82) is 0 Å². The van der Waals surface area contributed by atoms with Crippen molar-refractivity contribution >= 4 is 15.7 Å². The fraction of sp³-hybridized carbons (Fsp3) is 0.261. The number of morpholine rings is 1. The van der Waals surface area contributed by atoms with Gasteiger partial charge in [0.2, 0.25) is 9.84 Å². The summed E-state index contributed by atoms with van der Waals surface area (Å²) < 4.78 is 32.6. The maximum absolute atomic E-state index is 13.6. The molecule has 6 heteroatoms. The zero-order valence-electron chi connectivity index (χ0n) is 16.6. The third-order valence-electron chi connectivity index (χ3n) is 5.12. The van der Waals surface area contributed by atoms with Gasteiger partial charge in [-0.3, -0.25) is 0 Å². The van der Waals surface area contributed by atoms with Gasteiger partial charge in [0.25, 0.3) is 0 Å². The molecule has 0 spiro atoms. The van der Waals surface area contributed by atoms with Crippen LogP contribution in [0.25, 0.3) is 11.3 Å². The average Bonchev–Trinajstić information content (AvgIpc) is 2.74. The predicted molar refractivity (Wildman–Crippen MR) is 114 cm³/mol. The lowest BCUT2D eigenvalue weighted by atomic mass is 10.1. The van der Waals surface area contributed by atoms with Crippen molar-refractivity contribution in [2.24, 2.45) is 0 Å². The molecule has 1 fully saturated rings. The van der Waals surface area contributed by atoms with Crippen LogP contribution >= 0.6 is 0 Å². The molecule has 1 aromatic heterocycles. The van der Waals surface area contributed by atoms with Crippen LogP contribution in [0.5, 0.6) is 0 Å². The number of ether oxygens (including phenoxy) is 1. The molecule has 0 amide bonds. The van der Waals surface area contributed by atoms with Gasteiger partial charge in [0.05, 0.1) is 23.8 Å². The van der Waals surface area contributed by atoms with Gasteiger partial charge >= 0.3 is 0 Å². The molecule has 150 valence electrons. The Morgan fingerprint density at radius 1 is 0.931 bits per heavy atom. The molecule has 2 heterocycles. The monoisotopic (exact) mass is 408 g/mol. The van der Waals surface area contributed by atoms with Crippen molar-refractivity contribution in [3.63, 3.8) is 0 Å². The summed E-state index contributed by atoms with van der Waals surface area (Å²) in [5.41, 5.74) is 3.45.